The fourth-order valence-electron chi connectivity index (χ4n) is 3.68. The summed E-state index contributed by atoms with van der Waals surface area (Å²) in [4.78, 5) is 24.5. The number of hydrogen-bond donors (Lipinski definition) is 4. The van der Waals surface area contributed by atoms with Gasteiger partial charge in [0.05, 0.1) is 6.54 Å². The summed E-state index contributed by atoms with van der Waals surface area (Å²) in [5.41, 5.74) is 12.9. The first kappa shape index (κ1) is 18.0. The highest BCUT2D eigenvalue weighted by Crippen LogP contribution is 2.33. The van der Waals surface area contributed by atoms with Crippen LogP contribution in [0.1, 0.15) is 30.9 Å². The predicted octanol–water partition coefficient (Wildman–Crippen LogP) is 1.15. The minimum absolute atomic E-state index is 0.0299. The highest BCUT2D eigenvalue weighted by atomic mass is 35.5. The number of nitrogens with two attached hydrogens (primary N) is 1. The summed E-state index contributed by atoms with van der Waals surface area (Å²) in [5.74, 6) is 0.428. The van der Waals surface area contributed by atoms with E-state index in [-0.39, 0.29) is 18.5 Å². The second kappa shape index (κ2) is 8.03. The first-order valence-corrected chi connectivity index (χ1v) is 8.99. The predicted molar refractivity (Wildman–Crippen MR) is 95.8 cm³/mol. The van der Waals surface area contributed by atoms with Gasteiger partial charge in [0.25, 0.3) is 0 Å². The molecule has 7 nitrogen and oxygen atoms in total. The summed E-state index contributed by atoms with van der Waals surface area (Å²) >= 11 is 6.29. The number of primary amides is 1. The zero-order chi connectivity index (χ0) is 17.8. The van der Waals surface area contributed by atoms with Crippen LogP contribution in [0.4, 0.5) is 4.79 Å². The zero-order valence-corrected chi connectivity index (χ0v) is 14.8. The molecule has 0 spiro atoms. The lowest BCUT2D eigenvalue weighted by Gasteiger charge is -2.34. The number of rotatable bonds is 4. The third kappa shape index (κ3) is 4.42. The number of nitrogens with one attached hydrogen (secondary N) is 3. The SMILES string of the molecule is NC(=O)NCC(=O)N1CCC(C2CC(c3ccccc3Cl)NN2)CC1. The molecular weight excluding hydrogens is 342 g/mol. The average molecular weight is 366 g/mol. The van der Waals surface area contributed by atoms with Crippen molar-refractivity contribution in [2.24, 2.45) is 11.7 Å². The molecule has 1 aromatic carbocycles. The number of hydrazine groups is 1. The Balaban J connectivity index is 1.48. The molecule has 25 heavy (non-hydrogen) atoms. The highest BCUT2D eigenvalue weighted by Gasteiger charge is 2.34. The normalized spacial score (nSPS) is 24.3. The lowest BCUT2D eigenvalue weighted by atomic mass is 9.86. The van der Waals surface area contributed by atoms with Crippen LogP contribution in [-0.4, -0.2) is 42.5 Å². The molecular formula is C17H24ClN5O2. The van der Waals surface area contributed by atoms with Gasteiger partial charge in [-0.05, 0) is 36.8 Å². The molecule has 1 aromatic rings. The van der Waals surface area contributed by atoms with E-state index in [1.807, 2.05) is 18.2 Å². The highest BCUT2D eigenvalue weighted by molar-refractivity contribution is 6.31. The van der Waals surface area contributed by atoms with Crippen molar-refractivity contribution < 1.29 is 9.59 Å². The van der Waals surface area contributed by atoms with Crippen LogP contribution in [0.15, 0.2) is 24.3 Å². The van der Waals surface area contributed by atoms with E-state index in [2.05, 4.69) is 22.2 Å². The van der Waals surface area contributed by atoms with Crippen LogP contribution >= 0.6 is 11.6 Å². The molecule has 0 radical (unpaired) electrons. The molecule has 8 heteroatoms. The summed E-state index contributed by atoms with van der Waals surface area (Å²) in [6.45, 7) is 1.38. The molecule has 2 atom stereocenters. The van der Waals surface area contributed by atoms with Crippen LogP contribution in [0.5, 0.6) is 0 Å². The number of carbonyl (C=O) groups is 2. The molecule has 136 valence electrons. The summed E-state index contributed by atoms with van der Waals surface area (Å²) < 4.78 is 0. The van der Waals surface area contributed by atoms with Crippen molar-refractivity contribution in [3.63, 3.8) is 0 Å². The minimum Gasteiger partial charge on any atom is -0.352 e. The Labute approximate surface area is 152 Å². The van der Waals surface area contributed by atoms with Crippen LogP contribution in [0.2, 0.25) is 5.02 Å². The number of hydrogen-bond acceptors (Lipinski definition) is 4. The second-order valence-corrected chi connectivity index (χ2v) is 7.05. The molecule has 2 aliphatic rings. The molecule has 2 heterocycles. The maximum atomic E-state index is 12.0. The topological polar surface area (TPSA) is 99.5 Å². The molecule has 2 aliphatic heterocycles. The summed E-state index contributed by atoms with van der Waals surface area (Å²) in [7, 11) is 0. The van der Waals surface area contributed by atoms with Gasteiger partial charge >= 0.3 is 6.03 Å². The molecule has 0 saturated carbocycles. The second-order valence-electron chi connectivity index (χ2n) is 6.64. The van der Waals surface area contributed by atoms with Gasteiger partial charge < -0.3 is 16.0 Å². The van der Waals surface area contributed by atoms with E-state index in [0.29, 0.717) is 25.0 Å². The molecule has 3 rings (SSSR count). The molecule has 0 aliphatic carbocycles. The van der Waals surface area contributed by atoms with Crippen molar-refractivity contribution >= 4 is 23.5 Å². The third-order valence-corrected chi connectivity index (χ3v) is 5.43. The summed E-state index contributed by atoms with van der Waals surface area (Å²) in [6, 6.07) is 7.80. The lowest BCUT2D eigenvalue weighted by molar-refractivity contribution is -0.131. The Kier molecular flexibility index (Phi) is 5.78. The Morgan fingerprint density at radius 2 is 1.96 bits per heavy atom. The van der Waals surface area contributed by atoms with Crippen molar-refractivity contribution in [1.82, 2.24) is 21.1 Å². The van der Waals surface area contributed by atoms with Gasteiger partial charge in [0.2, 0.25) is 5.91 Å². The number of carbonyl (C=O) groups excluding carboxylic acids is 2. The van der Waals surface area contributed by atoms with E-state index in [1.165, 1.54) is 0 Å². The summed E-state index contributed by atoms with van der Waals surface area (Å²) in [6.07, 6.45) is 2.86. The fraction of sp³-hybridized carbons (Fsp3) is 0.529. The molecule has 5 N–H and O–H groups in total. The molecule has 2 saturated heterocycles. The van der Waals surface area contributed by atoms with Crippen LogP contribution < -0.4 is 21.9 Å². The molecule has 3 amide bonds. The number of likely N-dealkylation sites (tertiary alicyclic amines) is 1. The van der Waals surface area contributed by atoms with Crippen molar-refractivity contribution in [2.75, 3.05) is 19.6 Å². The molecule has 0 aromatic heterocycles. The quantitative estimate of drug-likeness (QED) is 0.643. The van der Waals surface area contributed by atoms with Crippen LogP contribution in [0.25, 0.3) is 0 Å². The Morgan fingerprint density at radius 1 is 1.24 bits per heavy atom. The third-order valence-electron chi connectivity index (χ3n) is 5.09. The van der Waals surface area contributed by atoms with Gasteiger partial charge in [-0.25, -0.2) is 10.2 Å². The number of amides is 3. The fourth-order valence-corrected chi connectivity index (χ4v) is 3.95. The lowest BCUT2D eigenvalue weighted by Crippen LogP contribution is -2.47. The van der Waals surface area contributed by atoms with E-state index in [1.54, 1.807) is 4.90 Å². The molecule has 2 unspecified atom stereocenters. The van der Waals surface area contributed by atoms with Gasteiger partial charge in [0.1, 0.15) is 0 Å². The van der Waals surface area contributed by atoms with Gasteiger partial charge in [-0.1, -0.05) is 29.8 Å². The molecule has 0 bridgehead atoms. The number of halogens is 1. The van der Waals surface area contributed by atoms with E-state index in [0.717, 1.165) is 29.8 Å². The summed E-state index contributed by atoms with van der Waals surface area (Å²) in [5, 5.41) is 3.13. The van der Waals surface area contributed by atoms with Crippen molar-refractivity contribution in [3.8, 4) is 0 Å². The smallest absolute Gasteiger partial charge is 0.312 e. The van der Waals surface area contributed by atoms with Crippen LogP contribution in [0.3, 0.4) is 0 Å². The average Bonchev–Trinajstić information content (AvgIpc) is 3.10. The largest absolute Gasteiger partial charge is 0.352 e. The standard InChI is InChI=1S/C17H24ClN5O2/c18-13-4-2-1-3-12(13)15-9-14(21-22-15)11-5-7-23(8-6-11)16(24)10-20-17(19)25/h1-4,11,14-15,21-22H,5-10H2,(H3,19,20,25). The zero-order valence-electron chi connectivity index (χ0n) is 14.0. The van der Waals surface area contributed by atoms with E-state index < -0.39 is 6.03 Å². The van der Waals surface area contributed by atoms with Gasteiger partial charge in [-0.2, -0.15) is 0 Å². The maximum absolute atomic E-state index is 12.0. The first-order valence-electron chi connectivity index (χ1n) is 8.61. The van der Waals surface area contributed by atoms with Crippen LogP contribution in [-0.2, 0) is 4.79 Å². The van der Waals surface area contributed by atoms with Crippen LogP contribution in [0, 0.1) is 5.92 Å². The van der Waals surface area contributed by atoms with Gasteiger partial charge in [-0.3, -0.25) is 10.2 Å². The van der Waals surface area contributed by atoms with E-state index >= 15 is 0 Å². The molecule has 2 fully saturated rings. The minimum atomic E-state index is -0.671. The van der Waals surface area contributed by atoms with Crippen molar-refractivity contribution in [2.45, 2.75) is 31.3 Å². The van der Waals surface area contributed by atoms with Gasteiger partial charge in [0.15, 0.2) is 0 Å². The monoisotopic (exact) mass is 365 g/mol. The number of piperidine rings is 1. The van der Waals surface area contributed by atoms with E-state index in [9.17, 15) is 9.59 Å². The van der Waals surface area contributed by atoms with Gasteiger partial charge in [-0.15, -0.1) is 0 Å². The van der Waals surface area contributed by atoms with E-state index in [4.69, 9.17) is 17.3 Å². The number of urea groups is 1. The number of benzene rings is 1. The number of nitrogens with zero attached hydrogens (tertiary/aromatic N) is 1. The van der Waals surface area contributed by atoms with Crippen molar-refractivity contribution in [1.29, 1.82) is 0 Å². The first-order chi connectivity index (χ1) is 12.0. The van der Waals surface area contributed by atoms with Crippen molar-refractivity contribution in [3.05, 3.63) is 34.9 Å². The Bertz CT molecular complexity index is 633. The Morgan fingerprint density at radius 3 is 2.64 bits per heavy atom. The maximum Gasteiger partial charge on any atom is 0.312 e. The van der Waals surface area contributed by atoms with Gasteiger partial charge in [0, 0.05) is 30.2 Å². The Hall–Kier alpha value is -1.83.